The first-order chi connectivity index (χ1) is 16.1. The van der Waals surface area contributed by atoms with Crippen LogP contribution in [-0.2, 0) is 17.6 Å². The lowest BCUT2D eigenvalue weighted by molar-refractivity contribution is -0.116. The first-order valence-corrected chi connectivity index (χ1v) is 12.2. The molecule has 4 heterocycles. The third kappa shape index (κ3) is 3.72. The van der Waals surface area contributed by atoms with Crippen molar-refractivity contribution in [2.24, 2.45) is 5.92 Å². The molecule has 3 aromatic heterocycles. The molecule has 0 radical (unpaired) electrons. The standard InChI is InChI=1S/C25H24N4O3S/c30-18-10-20-22(33-12-18)9-15-3-1-14(7-19(15)28-20)2-4-16-8-21(24(32)23(16)31)29-6-5-17-11-26-13-27-25(17)29/h1,3,5-7,9,11,13,16,21,23-24,31-32H,2,4,8,10,12H2/t16-,21+,23+,24-/m0/s1. The normalized spacial score (nSPS) is 25.1. The van der Waals surface area contributed by atoms with E-state index in [1.54, 1.807) is 18.0 Å². The van der Waals surface area contributed by atoms with Crippen LogP contribution in [0.2, 0.25) is 0 Å². The average molecular weight is 461 g/mol. The maximum absolute atomic E-state index is 11.8. The van der Waals surface area contributed by atoms with Crippen LogP contribution in [0, 0.1) is 5.92 Å². The van der Waals surface area contributed by atoms with E-state index in [2.05, 4.69) is 34.2 Å². The average Bonchev–Trinajstić information content (AvgIpc) is 3.37. The van der Waals surface area contributed by atoms with E-state index in [0.29, 0.717) is 18.6 Å². The molecule has 1 fully saturated rings. The zero-order chi connectivity index (χ0) is 22.5. The number of nitrogens with zero attached hydrogens (tertiary/aromatic N) is 4. The molecular formula is C25H24N4O3S. The lowest BCUT2D eigenvalue weighted by Gasteiger charge is -2.19. The van der Waals surface area contributed by atoms with Gasteiger partial charge < -0.3 is 14.8 Å². The van der Waals surface area contributed by atoms with Gasteiger partial charge in [-0.15, -0.1) is 11.8 Å². The van der Waals surface area contributed by atoms with Gasteiger partial charge in [-0.05, 0) is 48.9 Å². The van der Waals surface area contributed by atoms with Crippen LogP contribution in [0.5, 0.6) is 0 Å². The quantitative estimate of drug-likeness (QED) is 0.483. The minimum atomic E-state index is -0.833. The first kappa shape index (κ1) is 20.8. The minimum Gasteiger partial charge on any atom is -0.390 e. The van der Waals surface area contributed by atoms with Crippen molar-refractivity contribution < 1.29 is 15.0 Å². The Morgan fingerprint density at radius 2 is 2.03 bits per heavy atom. The monoisotopic (exact) mass is 460 g/mol. The van der Waals surface area contributed by atoms with Crippen molar-refractivity contribution in [2.45, 2.75) is 48.8 Å². The van der Waals surface area contributed by atoms with Crippen LogP contribution in [0.25, 0.3) is 21.9 Å². The Kier molecular flexibility index (Phi) is 5.16. The van der Waals surface area contributed by atoms with Gasteiger partial charge in [0.15, 0.2) is 0 Å². The Morgan fingerprint density at radius 1 is 1.12 bits per heavy atom. The topological polar surface area (TPSA) is 101 Å². The van der Waals surface area contributed by atoms with Crippen LogP contribution in [0.1, 0.15) is 30.1 Å². The second-order valence-electron chi connectivity index (χ2n) is 9.07. The third-order valence-corrected chi connectivity index (χ3v) is 8.12. The highest BCUT2D eigenvalue weighted by molar-refractivity contribution is 8.00. The summed E-state index contributed by atoms with van der Waals surface area (Å²) >= 11 is 1.57. The zero-order valence-electron chi connectivity index (χ0n) is 18.0. The Labute approximate surface area is 194 Å². The zero-order valence-corrected chi connectivity index (χ0v) is 18.8. The number of fused-ring (bicyclic) bond motifs is 3. The molecule has 0 unspecified atom stereocenters. The summed E-state index contributed by atoms with van der Waals surface area (Å²) in [6, 6.07) is 10.1. The maximum Gasteiger partial charge on any atom is 0.149 e. The van der Waals surface area contributed by atoms with Crippen molar-refractivity contribution in [2.75, 3.05) is 5.75 Å². The molecule has 0 spiro atoms. The Bertz CT molecular complexity index is 1370. The Hall–Kier alpha value is -2.81. The molecule has 4 atom stereocenters. The van der Waals surface area contributed by atoms with E-state index in [4.69, 9.17) is 4.98 Å². The van der Waals surface area contributed by atoms with E-state index in [1.165, 1.54) is 6.33 Å². The summed E-state index contributed by atoms with van der Waals surface area (Å²) in [4.78, 5) is 26.1. The van der Waals surface area contributed by atoms with Crippen LogP contribution in [0.15, 0.2) is 53.9 Å². The van der Waals surface area contributed by atoms with E-state index >= 15 is 0 Å². The molecule has 1 saturated carbocycles. The van der Waals surface area contributed by atoms with Crippen molar-refractivity contribution >= 4 is 39.5 Å². The first-order valence-electron chi connectivity index (χ1n) is 11.3. The molecule has 1 aliphatic heterocycles. The number of hydrogen-bond acceptors (Lipinski definition) is 7. The van der Waals surface area contributed by atoms with Crippen LogP contribution in [0.3, 0.4) is 0 Å². The lowest BCUT2D eigenvalue weighted by Crippen LogP contribution is -2.29. The molecule has 1 aliphatic carbocycles. The molecule has 0 amide bonds. The molecule has 1 aromatic carbocycles. The molecule has 0 bridgehead atoms. The number of hydrogen-bond donors (Lipinski definition) is 2. The molecule has 0 saturated heterocycles. The SMILES string of the molecule is O=C1CSc2cc3ccc(CC[C@H]4C[C@@H](n5ccc6cncnc65)[C@H](O)[C@@H]4O)cc3nc2C1. The predicted molar refractivity (Wildman–Crippen MR) is 126 cm³/mol. The molecule has 6 rings (SSSR count). The second-order valence-corrected chi connectivity index (χ2v) is 10.1. The largest absolute Gasteiger partial charge is 0.390 e. The van der Waals surface area contributed by atoms with E-state index < -0.39 is 12.2 Å². The molecule has 4 aromatic rings. The number of carbonyl (C=O) groups excluding carboxylic acids is 1. The highest BCUT2D eigenvalue weighted by Gasteiger charge is 2.42. The van der Waals surface area contributed by atoms with Gasteiger partial charge in [0.2, 0.25) is 0 Å². The lowest BCUT2D eigenvalue weighted by atomic mass is 9.95. The molecule has 8 heteroatoms. The van der Waals surface area contributed by atoms with Crippen molar-refractivity contribution in [3.8, 4) is 0 Å². The van der Waals surface area contributed by atoms with E-state index in [9.17, 15) is 15.0 Å². The van der Waals surface area contributed by atoms with Crippen molar-refractivity contribution in [3.63, 3.8) is 0 Å². The van der Waals surface area contributed by atoms with E-state index in [-0.39, 0.29) is 17.7 Å². The Balaban J connectivity index is 1.19. The Morgan fingerprint density at radius 3 is 2.94 bits per heavy atom. The van der Waals surface area contributed by atoms with Gasteiger partial charge in [0.1, 0.15) is 23.9 Å². The van der Waals surface area contributed by atoms with Crippen LogP contribution in [-0.4, -0.2) is 53.5 Å². The number of Topliss-reactive ketones (excluding diaryl/α,β-unsaturated/α-hetero) is 1. The van der Waals surface area contributed by atoms with Gasteiger partial charge in [-0.3, -0.25) is 9.78 Å². The summed E-state index contributed by atoms with van der Waals surface area (Å²) in [5.41, 5.74) is 3.71. The number of aryl methyl sites for hydroxylation is 1. The number of aliphatic hydroxyl groups is 2. The smallest absolute Gasteiger partial charge is 0.149 e. The van der Waals surface area contributed by atoms with E-state index in [0.717, 1.165) is 50.9 Å². The van der Waals surface area contributed by atoms with Gasteiger partial charge in [-0.1, -0.05) is 12.1 Å². The molecular weight excluding hydrogens is 436 g/mol. The molecule has 168 valence electrons. The summed E-state index contributed by atoms with van der Waals surface area (Å²) < 4.78 is 1.97. The van der Waals surface area contributed by atoms with Gasteiger partial charge in [0.05, 0.1) is 35.5 Å². The molecule has 2 N–H and O–H groups in total. The highest BCUT2D eigenvalue weighted by Crippen LogP contribution is 2.39. The number of carbonyl (C=O) groups is 1. The third-order valence-electron chi connectivity index (χ3n) is 6.98. The fourth-order valence-electron chi connectivity index (χ4n) is 5.22. The maximum atomic E-state index is 11.8. The van der Waals surface area contributed by atoms with Crippen molar-refractivity contribution in [3.05, 3.63) is 60.3 Å². The minimum absolute atomic E-state index is 0.00880. The van der Waals surface area contributed by atoms with Crippen LogP contribution < -0.4 is 0 Å². The molecule has 2 aliphatic rings. The summed E-state index contributed by atoms with van der Waals surface area (Å²) in [5.74, 6) is 0.742. The predicted octanol–water partition coefficient (Wildman–Crippen LogP) is 3.11. The number of aliphatic hydroxyl groups excluding tert-OH is 2. The fraction of sp³-hybridized carbons (Fsp3) is 0.360. The van der Waals surface area contributed by atoms with Crippen molar-refractivity contribution in [1.82, 2.24) is 19.5 Å². The summed E-state index contributed by atoms with van der Waals surface area (Å²) in [6.45, 7) is 0. The summed E-state index contributed by atoms with van der Waals surface area (Å²) in [7, 11) is 0. The number of thioether (sulfide) groups is 1. The second kappa shape index (κ2) is 8.20. The van der Waals surface area contributed by atoms with Gasteiger partial charge in [0.25, 0.3) is 0 Å². The number of rotatable bonds is 4. The number of benzene rings is 1. The number of aromatic nitrogens is 4. The summed E-state index contributed by atoms with van der Waals surface area (Å²) in [5, 5.41) is 23.5. The number of ketones is 1. The van der Waals surface area contributed by atoms with Crippen LogP contribution >= 0.6 is 11.8 Å². The number of pyridine rings is 1. The van der Waals surface area contributed by atoms with Gasteiger partial charge >= 0.3 is 0 Å². The van der Waals surface area contributed by atoms with Gasteiger partial charge in [-0.2, -0.15) is 0 Å². The molecule has 33 heavy (non-hydrogen) atoms. The van der Waals surface area contributed by atoms with Crippen LogP contribution in [0.4, 0.5) is 0 Å². The fourth-order valence-corrected chi connectivity index (χ4v) is 6.13. The molecule has 7 nitrogen and oxygen atoms in total. The van der Waals surface area contributed by atoms with Gasteiger partial charge in [-0.25, -0.2) is 9.97 Å². The van der Waals surface area contributed by atoms with E-state index in [1.807, 2.05) is 16.8 Å². The van der Waals surface area contributed by atoms with Gasteiger partial charge in [0, 0.05) is 28.1 Å². The summed E-state index contributed by atoms with van der Waals surface area (Å²) in [6.07, 6.45) is 6.24. The van der Waals surface area contributed by atoms with Crippen molar-refractivity contribution in [1.29, 1.82) is 0 Å². The highest BCUT2D eigenvalue weighted by atomic mass is 32.2.